The van der Waals surface area contributed by atoms with E-state index in [1.54, 1.807) is 48.5 Å². The molecule has 0 unspecified atom stereocenters. The number of thiazole rings is 1. The van der Waals surface area contributed by atoms with Crippen molar-refractivity contribution >= 4 is 44.8 Å². The van der Waals surface area contributed by atoms with Crippen molar-refractivity contribution in [2.45, 2.75) is 6.54 Å². The van der Waals surface area contributed by atoms with E-state index >= 15 is 0 Å². The van der Waals surface area contributed by atoms with Gasteiger partial charge in [-0.3, -0.25) is 14.2 Å². The number of nitriles is 1. The maximum Gasteiger partial charge on any atom is 0.273 e. The molecule has 1 amide bonds. The maximum atomic E-state index is 13.5. The second-order valence-corrected chi connectivity index (χ2v) is 9.80. The minimum atomic E-state index is -0.605. The molecule has 3 aromatic heterocycles. The van der Waals surface area contributed by atoms with Gasteiger partial charge < -0.3 is 14.2 Å². The Hall–Kier alpha value is -4.39. The van der Waals surface area contributed by atoms with Gasteiger partial charge in [-0.2, -0.15) is 5.26 Å². The monoisotopic (exact) mass is 571 g/mol. The highest BCUT2D eigenvalue weighted by Crippen LogP contribution is 2.24. The van der Waals surface area contributed by atoms with E-state index in [4.69, 9.17) is 8.83 Å². The molecule has 5 rings (SSSR count). The first-order chi connectivity index (χ1) is 18.0. The summed E-state index contributed by atoms with van der Waals surface area (Å²) in [6, 6.07) is 25.6. The number of rotatable bonds is 6. The van der Waals surface area contributed by atoms with Crippen LogP contribution in [0.4, 0.5) is 0 Å². The first-order valence-corrected chi connectivity index (χ1v) is 12.7. The fourth-order valence-electron chi connectivity index (χ4n) is 3.66. The summed E-state index contributed by atoms with van der Waals surface area (Å²) in [5.74, 6) is 1.07. The van der Waals surface area contributed by atoms with Gasteiger partial charge in [0.1, 0.15) is 28.0 Å². The molecule has 3 heterocycles. The fraction of sp³-hybridized carbons (Fsp3) is 0.0357. The van der Waals surface area contributed by atoms with Crippen LogP contribution in [0.15, 0.2) is 103 Å². The summed E-state index contributed by atoms with van der Waals surface area (Å²) in [5, 5.41) is 12.6. The van der Waals surface area contributed by atoms with Crippen molar-refractivity contribution < 1.29 is 13.6 Å². The number of hydrogen-bond donors (Lipinski definition) is 1. The second kappa shape index (κ2) is 10.7. The van der Waals surface area contributed by atoms with E-state index in [2.05, 4.69) is 21.2 Å². The Kier molecular flexibility index (Phi) is 7.03. The molecule has 0 spiro atoms. The van der Waals surface area contributed by atoms with E-state index in [1.165, 1.54) is 10.8 Å². The maximum absolute atomic E-state index is 13.5. The van der Waals surface area contributed by atoms with Gasteiger partial charge in [0, 0.05) is 16.1 Å². The Morgan fingerprint density at radius 3 is 2.54 bits per heavy atom. The molecule has 0 bridgehead atoms. The summed E-state index contributed by atoms with van der Waals surface area (Å²) >= 11 is 4.47. The number of amides is 1. The van der Waals surface area contributed by atoms with Crippen LogP contribution in [0.25, 0.3) is 28.7 Å². The van der Waals surface area contributed by atoms with Gasteiger partial charge >= 0.3 is 0 Å². The number of carbonyl (C=O) groups is 1. The van der Waals surface area contributed by atoms with E-state index in [0.717, 1.165) is 21.4 Å². The summed E-state index contributed by atoms with van der Waals surface area (Å²) in [6.07, 6.45) is 3.12. The molecule has 2 aromatic carbocycles. The van der Waals surface area contributed by atoms with Crippen molar-refractivity contribution in [3.63, 3.8) is 0 Å². The lowest BCUT2D eigenvalue weighted by molar-refractivity contribution is -0.115. The van der Waals surface area contributed by atoms with E-state index in [0.29, 0.717) is 27.5 Å². The van der Waals surface area contributed by atoms with Gasteiger partial charge in [-0.05, 0) is 48.5 Å². The molecule has 0 saturated heterocycles. The third-order valence-corrected chi connectivity index (χ3v) is 7.04. The van der Waals surface area contributed by atoms with Gasteiger partial charge in [0.15, 0.2) is 5.57 Å². The first-order valence-electron chi connectivity index (χ1n) is 11.1. The summed E-state index contributed by atoms with van der Waals surface area (Å²) < 4.78 is 14.1. The van der Waals surface area contributed by atoms with Crippen LogP contribution in [0, 0.1) is 11.3 Å². The highest BCUT2D eigenvalue weighted by atomic mass is 79.9. The lowest BCUT2D eigenvalue weighted by atomic mass is 10.2. The predicted molar refractivity (Wildman–Crippen MR) is 144 cm³/mol. The van der Waals surface area contributed by atoms with Crippen LogP contribution in [0.3, 0.4) is 0 Å². The van der Waals surface area contributed by atoms with Crippen molar-refractivity contribution in [3.8, 4) is 23.1 Å². The van der Waals surface area contributed by atoms with Crippen molar-refractivity contribution in [2.75, 3.05) is 0 Å². The van der Waals surface area contributed by atoms with E-state index in [-0.39, 0.29) is 22.3 Å². The highest BCUT2D eigenvalue weighted by molar-refractivity contribution is 9.10. The lowest BCUT2D eigenvalue weighted by Crippen LogP contribution is -2.33. The van der Waals surface area contributed by atoms with E-state index in [1.807, 2.05) is 42.5 Å². The summed E-state index contributed by atoms with van der Waals surface area (Å²) in [7, 11) is 0. The largest absolute Gasteiger partial charge is 0.467 e. The molecule has 0 saturated carbocycles. The quantitative estimate of drug-likeness (QED) is 0.327. The zero-order valence-electron chi connectivity index (χ0n) is 19.2. The van der Waals surface area contributed by atoms with Crippen LogP contribution >= 0.6 is 27.3 Å². The average Bonchev–Trinajstić information content (AvgIpc) is 3.66. The molecule has 37 heavy (non-hydrogen) atoms. The summed E-state index contributed by atoms with van der Waals surface area (Å²) in [5.41, 5.74) is 0.899. The topological polar surface area (TPSA) is 101 Å². The Morgan fingerprint density at radius 2 is 1.84 bits per heavy atom. The predicted octanol–water partition coefficient (Wildman–Crippen LogP) is 4.33. The van der Waals surface area contributed by atoms with Crippen molar-refractivity contribution in [3.05, 3.63) is 121 Å². The fourth-order valence-corrected chi connectivity index (χ4v) is 5.00. The van der Waals surface area contributed by atoms with Crippen molar-refractivity contribution in [1.29, 1.82) is 5.26 Å². The number of nitrogens with one attached hydrogen (secondary N) is 1. The Bertz CT molecular complexity index is 1770. The summed E-state index contributed by atoms with van der Waals surface area (Å²) in [6.45, 7) is 0.113. The molecule has 9 heteroatoms. The van der Waals surface area contributed by atoms with Gasteiger partial charge in [0.05, 0.1) is 23.0 Å². The minimum absolute atomic E-state index is 0.113. The molecule has 0 radical (unpaired) electrons. The molecular weight excluding hydrogens is 554 g/mol. The molecule has 0 aliphatic rings. The van der Waals surface area contributed by atoms with Crippen LogP contribution in [0.2, 0.25) is 0 Å². The number of furan rings is 2. The molecule has 182 valence electrons. The number of nitrogens with zero attached hydrogens (tertiary/aromatic N) is 2. The Labute approximate surface area is 223 Å². The van der Waals surface area contributed by atoms with E-state index < -0.39 is 5.91 Å². The highest BCUT2D eigenvalue weighted by Gasteiger charge is 2.17. The molecule has 0 atom stereocenters. The van der Waals surface area contributed by atoms with Crippen LogP contribution in [-0.2, 0) is 11.3 Å². The van der Waals surface area contributed by atoms with E-state index in [9.17, 15) is 14.9 Å². The van der Waals surface area contributed by atoms with Crippen LogP contribution in [0.5, 0.6) is 0 Å². The Balaban J connectivity index is 1.61. The SMILES string of the molecule is N#C/C(C(=O)NCc1ccco1)=c1/s/c(=C\c2ccc(-c3ccc(Br)cc3)o2)c(=O)n1-c1ccccc1. The van der Waals surface area contributed by atoms with Crippen LogP contribution in [0.1, 0.15) is 11.5 Å². The molecule has 0 aliphatic carbocycles. The number of aromatic nitrogens is 1. The lowest BCUT2D eigenvalue weighted by Gasteiger charge is -2.04. The van der Waals surface area contributed by atoms with Gasteiger partial charge in [0.25, 0.3) is 11.5 Å². The summed E-state index contributed by atoms with van der Waals surface area (Å²) in [4.78, 5) is 26.5. The van der Waals surface area contributed by atoms with Gasteiger partial charge in [0.2, 0.25) is 0 Å². The molecule has 5 aromatic rings. The van der Waals surface area contributed by atoms with Crippen molar-refractivity contribution in [1.82, 2.24) is 9.88 Å². The minimum Gasteiger partial charge on any atom is -0.467 e. The molecule has 0 aliphatic heterocycles. The zero-order chi connectivity index (χ0) is 25.8. The molecule has 0 fully saturated rings. The molecule has 1 N–H and O–H groups in total. The smallest absolute Gasteiger partial charge is 0.273 e. The van der Waals surface area contributed by atoms with Crippen molar-refractivity contribution in [2.24, 2.45) is 0 Å². The molecule has 7 nitrogen and oxygen atoms in total. The van der Waals surface area contributed by atoms with Gasteiger partial charge in [-0.1, -0.05) is 46.3 Å². The Morgan fingerprint density at radius 1 is 1.05 bits per heavy atom. The second-order valence-electron chi connectivity index (χ2n) is 7.85. The van der Waals surface area contributed by atoms with Crippen LogP contribution in [-0.4, -0.2) is 10.5 Å². The number of carbonyl (C=O) groups excluding carboxylic acids is 1. The normalized spacial score (nSPS) is 12.3. The average molecular weight is 572 g/mol. The first kappa shape index (κ1) is 24.3. The zero-order valence-corrected chi connectivity index (χ0v) is 21.6. The number of halogens is 1. The number of benzene rings is 2. The standard InChI is InChI=1S/C28H18BrN3O4S/c29-19-10-8-18(9-11-19)24-13-12-21(36-24)15-25-27(34)32(20-5-2-1-3-6-20)28(37-25)23(16-30)26(33)31-17-22-7-4-14-35-22/h1-15H,17H2,(H,31,33)/b25-15-,28-23-. The number of para-hydroxylation sites is 1. The number of hydrogen-bond acceptors (Lipinski definition) is 6. The third kappa shape index (κ3) is 5.26. The van der Waals surface area contributed by atoms with Gasteiger partial charge in [-0.25, -0.2) is 0 Å². The third-order valence-electron chi connectivity index (χ3n) is 5.42. The molecular formula is C28H18BrN3O4S. The van der Waals surface area contributed by atoms with Crippen LogP contribution < -0.4 is 20.1 Å². The van der Waals surface area contributed by atoms with Gasteiger partial charge in [-0.15, -0.1) is 11.3 Å².